The zero-order valence-electron chi connectivity index (χ0n) is 14.1. The molecule has 5 heteroatoms. The molecule has 24 heavy (non-hydrogen) atoms. The first kappa shape index (κ1) is 16.6. The minimum absolute atomic E-state index is 0.0588. The van der Waals surface area contributed by atoms with Gasteiger partial charge in [0.1, 0.15) is 11.9 Å². The second-order valence-corrected chi connectivity index (χ2v) is 6.45. The summed E-state index contributed by atoms with van der Waals surface area (Å²) < 4.78 is 7.87. The van der Waals surface area contributed by atoms with E-state index in [-0.39, 0.29) is 18.1 Å². The summed E-state index contributed by atoms with van der Waals surface area (Å²) in [6.07, 6.45) is 9.30. The maximum atomic E-state index is 12.3. The number of ether oxygens (including phenoxy) is 1. The van der Waals surface area contributed by atoms with Gasteiger partial charge in [0.2, 0.25) is 5.91 Å². The molecule has 0 bridgehead atoms. The van der Waals surface area contributed by atoms with Crippen molar-refractivity contribution in [3.05, 3.63) is 48.3 Å². The van der Waals surface area contributed by atoms with Gasteiger partial charge in [-0.15, -0.1) is 0 Å². The van der Waals surface area contributed by atoms with E-state index in [1.807, 2.05) is 49.8 Å². The van der Waals surface area contributed by atoms with Crippen LogP contribution in [0.5, 0.6) is 5.75 Å². The molecule has 1 aliphatic carbocycles. The van der Waals surface area contributed by atoms with Crippen molar-refractivity contribution in [3.63, 3.8) is 0 Å². The molecule has 1 fully saturated rings. The van der Waals surface area contributed by atoms with Gasteiger partial charge in [-0.2, -0.15) is 5.10 Å². The number of carbonyl (C=O) groups is 1. The molecule has 3 rings (SSSR count). The van der Waals surface area contributed by atoms with E-state index in [0.29, 0.717) is 6.42 Å². The van der Waals surface area contributed by atoms with E-state index in [1.54, 1.807) is 4.68 Å². The van der Waals surface area contributed by atoms with Gasteiger partial charge in [-0.25, -0.2) is 0 Å². The second-order valence-electron chi connectivity index (χ2n) is 6.45. The lowest BCUT2D eigenvalue weighted by Gasteiger charge is -2.32. The highest BCUT2D eigenvalue weighted by Gasteiger charge is 2.28. The number of aryl methyl sites for hydroxylation is 2. The number of carbonyl (C=O) groups excluding carboxylic acids is 1. The van der Waals surface area contributed by atoms with Gasteiger partial charge in [-0.3, -0.25) is 9.48 Å². The molecule has 0 unspecified atom stereocenters. The first-order valence-corrected chi connectivity index (χ1v) is 8.69. The van der Waals surface area contributed by atoms with Crippen LogP contribution in [0.1, 0.15) is 37.7 Å². The van der Waals surface area contributed by atoms with Gasteiger partial charge in [0.05, 0.1) is 12.2 Å². The van der Waals surface area contributed by atoms with E-state index in [4.69, 9.17) is 4.74 Å². The van der Waals surface area contributed by atoms with Crippen LogP contribution in [0.3, 0.4) is 0 Å². The van der Waals surface area contributed by atoms with Gasteiger partial charge in [-0.1, -0.05) is 24.6 Å². The van der Waals surface area contributed by atoms with Gasteiger partial charge in [0.25, 0.3) is 0 Å². The van der Waals surface area contributed by atoms with E-state index in [1.165, 1.54) is 0 Å². The van der Waals surface area contributed by atoms with Crippen molar-refractivity contribution in [1.82, 2.24) is 15.1 Å². The molecule has 2 atom stereocenters. The van der Waals surface area contributed by atoms with Gasteiger partial charge in [0.15, 0.2) is 0 Å². The average molecular weight is 327 g/mol. The molecule has 1 aliphatic rings. The summed E-state index contributed by atoms with van der Waals surface area (Å²) >= 11 is 0. The largest absolute Gasteiger partial charge is 0.488 e. The predicted octanol–water partition coefficient (Wildman–Crippen LogP) is 2.86. The summed E-state index contributed by atoms with van der Waals surface area (Å²) in [4.78, 5) is 12.3. The Balaban J connectivity index is 1.52. The fraction of sp³-hybridized carbons (Fsp3) is 0.474. The standard InChI is InChI=1S/C19H25N3O2/c1-22-14-15(13-20-22)11-12-19(23)21-17-9-5-6-10-18(17)24-16-7-3-2-4-8-16/h2-4,7-8,13-14,17-18H,5-6,9-12H2,1H3,(H,21,23)/t17-,18-/m1/s1. The second kappa shape index (κ2) is 7.99. The smallest absolute Gasteiger partial charge is 0.220 e. The highest BCUT2D eigenvalue weighted by molar-refractivity contribution is 5.76. The molecule has 0 spiro atoms. The van der Waals surface area contributed by atoms with Crippen molar-refractivity contribution in [2.75, 3.05) is 0 Å². The molecule has 1 aromatic heterocycles. The highest BCUT2D eigenvalue weighted by Crippen LogP contribution is 2.24. The highest BCUT2D eigenvalue weighted by atomic mass is 16.5. The van der Waals surface area contributed by atoms with Crippen LogP contribution < -0.4 is 10.1 Å². The van der Waals surface area contributed by atoms with Gasteiger partial charge < -0.3 is 10.1 Å². The minimum atomic E-state index is 0.0588. The fourth-order valence-electron chi connectivity index (χ4n) is 3.21. The Hall–Kier alpha value is -2.30. The molecule has 1 saturated carbocycles. The van der Waals surface area contributed by atoms with Crippen LogP contribution in [0, 0.1) is 0 Å². The molecule has 2 aromatic rings. The van der Waals surface area contributed by atoms with Gasteiger partial charge >= 0.3 is 0 Å². The first-order valence-electron chi connectivity index (χ1n) is 8.69. The maximum absolute atomic E-state index is 12.3. The summed E-state index contributed by atoms with van der Waals surface area (Å²) in [5, 5.41) is 7.31. The summed E-state index contributed by atoms with van der Waals surface area (Å²) in [7, 11) is 1.89. The van der Waals surface area contributed by atoms with Crippen molar-refractivity contribution in [3.8, 4) is 5.75 Å². The quantitative estimate of drug-likeness (QED) is 0.887. The number of hydrogen-bond acceptors (Lipinski definition) is 3. The molecule has 0 radical (unpaired) electrons. The van der Waals surface area contributed by atoms with Crippen molar-refractivity contribution < 1.29 is 9.53 Å². The van der Waals surface area contributed by atoms with Crippen LogP contribution in [0.25, 0.3) is 0 Å². The Morgan fingerprint density at radius 2 is 2.08 bits per heavy atom. The van der Waals surface area contributed by atoms with Crippen molar-refractivity contribution >= 4 is 5.91 Å². The molecule has 0 saturated heterocycles. The lowest BCUT2D eigenvalue weighted by molar-refractivity contribution is -0.122. The number of benzene rings is 1. The third-order valence-electron chi connectivity index (χ3n) is 4.48. The Kier molecular flexibility index (Phi) is 5.51. The number of para-hydroxylation sites is 1. The molecule has 128 valence electrons. The molecule has 1 N–H and O–H groups in total. The van der Waals surface area contributed by atoms with Crippen molar-refractivity contribution in [2.24, 2.45) is 7.05 Å². The number of nitrogens with zero attached hydrogens (tertiary/aromatic N) is 2. The summed E-state index contributed by atoms with van der Waals surface area (Å²) in [5.41, 5.74) is 1.09. The van der Waals surface area contributed by atoms with E-state index >= 15 is 0 Å². The number of nitrogens with one attached hydrogen (secondary N) is 1. The number of amides is 1. The Labute approximate surface area is 143 Å². The third kappa shape index (κ3) is 4.60. The van der Waals surface area contributed by atoms with E-state index in [0.717, 1.165) is 43.4 Å². The zero-order valence-corrected chi connectivity index (χ0v) is 14.1. The summed E-state index contributed by atoms with van der Waals surface area (Å²) in [6, 6.07) is 9.96. The average Bonchev–Trinajstić information content (AvgIpc) is 3.01. The topological polar surface area (TPSA) is 56.2 Å². The van der Waals surface area contributed by atoms with Crippen LogP contribution >= 0.6 is 0 Å². The molecule has 1 aromatic carbocycles. The van der Waals surface area contributed by atoms with E-state index < -0.39 is 0 Å². The monoisotopic (exact) mass is 327 g/mol. The third-order valence-corrected chi connectivity index (χ3v) is 4.48. The van der Waals surface area contributed by atoms with Gasteiger partial charge in [-0.05, 0) is 43.4 Å². The molecule has 0 aliphatic heterocycles. The lowest BCUT2D eigenvalue weighted by Crippen LogP contribution is -2.47. The van der Waals surface area contributed by atoms with Crippen LogP contribution in [-0.2, 0) is 18.3 Å². The number of rotatable bonds is 6. The van der Waals surface area contributed by atoms with Crippen LogP contribution in [0.4, 0.5) is 0 Å². The lowest BCUT2D eigenvalue weighted by atomic mass is 9.92. The summed E-state index contributed by atoms with van der Waals surface area (Å²) in [6.45, 7) is 0. The predicted molar refractivity (Wildman–Crippen MR) is 92.8 cm³/mol. The van der Waals surface area contributed by atoms with Crippen molar-refractivity contribution in [2.45, 2.75) is 50.7 Å². The number of hydrogen-bond donors (Lipinski definition) is 1. The molecular weight excluding hydrogens is 302 g/mol. The molecular formula is C19H25N3O2. The Morgan fingerprint density at radius 1 is 1.29 bits per heavy atom. The van der Waals surface area contributed by atoms with E-state index in [9.17, 15) is 4.79 Å². The fourth-order valence-corrected chi connectivity index (χ4v) is 3.21. The maximum Gasteiger partial charge on any atom is 0.220 e. The molecule has 5 nitrogen and oxygen atoms in total. The summed E-state index contributed by atoms with van der Waals surface area (Å²) in [5.74, 6) is 0.964. The SMILES string of the molecule is Cn1cc(CCC(=O)N[C@@H]2CCCC[C@H]2Oc2ccccc2)cn1. The zero-order chi connectivity index (χ0) is 16.8. The van der Waals surface area contributed by atoms with Crippen LogP contribution in [0.2, 0.25) is 0 Å². The number of aromatic nitrogens is 2. The normalized spacial score (nSPS) is 20.5. The van der Waals surface area contributed by atoms with Crippen LogP contribution in [0.15, 0.2) is 42.7 Å². The molecule has 1 amide bonds. The Bertz CT molecular complexity index is 654. The van der Waals surface area contributed by atoms with E-state index in [2.05, 4.69) is 10.4 Å². The minimum Gasteiger partial charge on any atom is -0.488 e. The van der Waals surface area contributed by atoms with Gasteiger partial charge in [0, 0.05) is 19.7 Å². The van der Waals surface area contributed by atoms with Crippen molar-refractivity contribution in [1.29, 1.82) is 0 Å². The molecule has 1 heterocycles. The first-order chi connectivity index (χ1) is 11.7. The Morgan fingerprint density at radius 3 is 2.83 bits per heavy atom. The van der Waals surface area contributed by atoms with Crippen LogP contribution in [-0.4, -0.2) is 27.8 Å².